The number of sulfonamides is 1. The SMILES string of the molecule is O=S(=O)(c1c[nH]cn1)N1CCC(n2c(-c3ccccc3)nc3cccnc32)CC1. The third kappa shape index (κ3) is 3.12. The number of nitrogens with one attached hydrogen (secondary N) is 1. The van der Waals surface area contributed by atoms with Crippen LogP contribution < -0.4 is 0 Å². The van der Waals surface area contributed by atoms with Gasteiger partial charge in [0.1, 0.15) is 11.3 Å². The summed E-state index contributed by atoms with van der Waals surface area (Å²) in [4.78, 5) is 16.0. The van der Waals surface area contributed by atoms with Crippen molar-refractivity contribution in [1.82, 2.24) is 28.8 Å². The number of aromatic nitrogens is 5. The molecule has 1 N–H and O–H groups in total. The molecule has 5 rings (SSSR count). The van der Waals surface area contributed by atoms with Gasteiger partial charge in [0.25, 0.3) is 10.0 Å². The van der Waals surface area contributed by atoms with Crippen LogP contribution in [0.2, 0.25) is 0 Å². The van der Waals surface area contributed by atoms with Crippen LogP contribution in [-0.4, -0.2) is 50.3 Å². The summed E-state index contributed by atoms with van der Waals surface area (Å²) in [6, 6.07) is 14.0. The maximum Gasteiger partial charge on any atom is 0.262 e. The largest absolute Gasteiger partial charge is 0.350 e. The van der Waals surface area contributed by atoms with E-state index in [-0.39, 0.29) is 11.1 Å². The molecule has 1 aliphatic heterocycles. The Balaban J connectivity index is 1.48. The van der Waals surface area contributed by atoms with Gasteiger partial charge in [0.15, 0.2) is 10.7 Å². The molecule has 1 aliphatic rings. The molecule has 29 heavy (non-hydrogen) atoms. The normalized spacial score (nSPS) is 16.4. The molecule has 1 saturated heterocycles. The summed E-state index contributed by atoms with van der Waals surface area (Å²) in [5.74, 6) is 0.868. The average Bonchev–Trinajstić information content (AvgIpc) is 3.43. The van der Waals surface area contributed by atoms with Gasteiger partial charge >= 0.3 is 0 Å². The minimum Gasteiger partial charge on any atom is -0.350 e. The van der Waals surface area contributed by atoms with E-state index in [1.807, 2.05) is 42.5 Å². The van der Waals surface area contributed by atoms with Crippen LogP contribution in [0.5, 0.6) is 0 Å². The van der Waals surface area contributed by atoms with E-state index in [4.69, 9.17) is 4.98 Å². The molecule has 1 fully saturated rings. The standard InChI is InChI=1S/C20H20N6O2S/c27-29(28,18-13-21-14-23-18)25-11-8-16(9-12-25)26-19(15-5-2-1-3-6-15)24-17-7-4-10-22-20(17)26/h1-7,10,13-14,16H,8-9,11-12H2,(H,21,23). The molecule has 0 aliphatic carbocycles. The Bertz CT molecular complexity index is 1230. The molecule has 148 valence electrons. The number of piperidine rings is 1. The number of pyridine rings is 1. The molecule has 0 amide bonds. The van der Waals surface area contributed by atoms with Crippen molar-refractivity contribution in [2.24, 2.45) is 0 Å². The second-order valence-corrected chi connectivity index (χ2v) is 8.95. The number of hydrogen-bond acceptors (Lipinski definition) is 5. The van der Waals surface area contributed by atoms with Crippen LogP contribution in [0.3, 0.4) is 0 Å². The minimum absolute atomic E-state index is 0.0654. The van der Waals surface area contributed by atoms with Gasteiger partial charge < -0.3 is 9.55 Å². The fourth-order valence-electron chi connectivity index (χ4n) is 3.93. The van der Waals surface area contributed by atoms with Gasteiger partial charge in [-0.15, -0.1) is 0 Å². The van der Waals surface area contributed by atoms with E-state index in [9.17, 15) is 8.42 Å². The average molecular weight is 408 g/mol. The van der Waals surface area contributed by atoms with Crippen molar-refractivity contribution in [3.05, 3.63) is 61.2 Å². The fraction of sp³-hybridized carbons (Fsp3) is 0.250. The van der Waals surface area contributed by atoms with Gasteiger partial charge in [0, 0.05) is 37.1 Å². The predicted octanol–water partition coefficient (Wildman–Crippen LogP) is 2.85. The highest BCUT2D eigenvalue weighted by atomic mass is 32.2. The highest BCUT2D eigenvalue weighted by molar-refractivity contribution is 7.89. The summed E-state index contributed by atoms with van der Waals surface area (Å²) in [6.07, 6.45) is 5.95. The highest BCUT2D eigenvalue weighted by Gasteiger charge is 2.32. The first-order valence-electron chi connectivity index (χ1n) is 9.52. The van der Waals surface area contributed by atoms with Crippen LogP contribution in [0, 0.1) is 0 Å². The molecule has 0 saturated carbocycles. The lowest BCUT2D eigenvalue weighted by molar-refractivity contribution is 0.277. The second kappa shape index (κ2) is 7.09. The first-order valence-corrected chi connectivity index (χ1v) is 11.0. The fourth-order valence-corrected chi connectivity index (χ4v) is 5.29. The van der Waals surface area contributed by atoms with Crippen molar-refractivity contribution >= 4 is 21.2 Å². The Kier molecular flexibility index (Phi) is 4.40. The molecular formula is C20H20N6O2S. The number of imidazole rings is 2. The number of hydrogen-bond donors (Lipinski definition) is 1. The van der Waals surface area contributed by atoms with Gasteiger partial charge in [-0.3, -0.25) is 0 Å². The van der Waals surface area contributed by atoms with Crippen molar-refractivity contribution < 1.29 is 8.42 Å². The van der Waals surface area contributed by atoms with Gasteiger partial charge in [0.2, 0.25) is 0 Å². The molecule has 4 aromatic rings. The zero-order chi connectivity index (χ0) is 19.8. The number of benzene rings is 1. The number of aromatic amines is 1. The topological polar surface area (TPSA) is 96.8 Å². The molecule has 3 aromatic heterocycles. The zero-order valence-electron chi connectivity index (χ0n) is 15.6. The van der Waals surface area contributed by atoms with Crippen molar-refractivity contribution in [3.63, 3.8) is 0 Å². The monoisotopic (exact) mass is 408 g/mol. The molecule has 4 heterocycles. The molecule has 8 nitrogen and oxygen atoms in total. The quantitative estimate of drug-likeness (QED) is 0.560. The van der Waals surface area contributed by atoms with Crippen molar-refractivity contribution in [2.75, 3.05) is 13.1 Å². The summed E-state index contributed by atoms with van der Waals surface area (Å²) in [7, 11) is -3.57. The molecular weight excluding hydrogens is 388 g/mol. The molecule has 9 heteroatoms. The Morgan fingerprint density at radius 1 is 1.00 bits per heavy atom. The Morgan fingerprint density at radius 2 is 1.79 bits per heavy atom. The Morgan fingerprint density at radius 3 is 2.52 bits per heavy atom. The van der Waals surface area contributed by atoms with Crippen LogP contribution in [0.25, 0.3) is 22.6 Å². The van der Waals surface area contributed by atoms with E-state index in [0.29, 0.717) is 25.9 Å². The summed E-state index contributed by atoms with van der Waals surface area (Å²) >= 11 is 0. The molecule has 0 bridgehead atoms. The third-order valence-corrected chi connectivity index (χ3v) is 7.14. The van der Waals surface area contributed by atoms with Crippen LogP contribution in [0.4, 0.5) is 0 Å². The summed E-state index contributed by atoms with van der Waals surface area (Å²) < 4.78 is 29.2. The first-order chi connectivity index (χ1) is 14.1. The maximum absolute atomic E-state index is 12.8. The first kappa shape index (κ1) is 18.0. The van der Waals surface area contributed by atoms with Gasteiger partial charge in [-0.1, -0.05) is 30.3 Å². The van der Waals surface area contributed by atoms with Gasteiger partial charge in [0.05, 0.1) is 6.33 Å². The molecule has 0 spiro atoms. The Labute approximate surface area is 168 Å². The predicted molar refractivity (Wildman–Crippen MR) is 109 cm³/mol. The van der Waals surface area contributed by atoms with E-state index in [1.54, 1.807) is 6.20 Å². The lowest BCUT2D eigenvalue weighted by Gasteiger charge is -2.32. The maximum atomic E-state index is 12.8. The van der Waals surface area contributed by atoms with Crippen LogP contribution in [-0.2, 0) is 10.0 Å². The van der Waals surface area contributed by atoms with Crippen molar-refractivity contribution in [2.45, 2.75) is 23.9 Å². The summed E-state index contributed by atoms with van der Waals surface area (Å²) in [6.45, 7) is 0.862. The summed E-state index contributed by atoms with van der Waals surface area (Å²) in [5, 5.41) is 0.0654. The molecule has 1 aromatic carbocycles. The Hall–Kier alpha value is -3.04. The van der Waals surface area contributed by atoms with Crippen LogP contribution >= 0.6 is 0 Å². The number of nitrogens with zero attached hydrogens (tertiary/aromatic N) is 5. The van der Waals surface area contributed by atoms with Crippen molar-refractivity contribution in [3.8, 4) is 11.4 Å². The van der Waals surface area contributed by atoms with Crippen LogP contribution in [0.1, 0.15) is 18.9 Å². The highest BCUT2D eigenvalue weighted by Crippen LogP contribution is 2.33. The zero-order valence-corrected chi connectivity index (χ0v) is 16.5. The second-order valence-electron chi connectivity index (χ2n) is 7.06. The van der Waals surface area contributed by atoms with E-state index < -0.39 is 10.0 Å². The molecule has 0 radical (unpaired) electrons. The van der Waals surface area contributed by atoms with Gasteiger partial charge in [-0.05, 0) is 25.0 Å². The lowest BCUT2D eigenvalue weighted by atomic mass is 10.1. The third-order valence-electron chi connectivity index (χ3n) is 5.35. The van der Waals surface area contributed by atoms with Crippen molar-refractivity contribution in [1.29, 1.82) is 0 Å². The van der Waals surface area contributed by atoms with E-state index in [2.05, 4.69) is 19.5 Å². The number of H-pyrrole nitrogens is 1. The number of fused-ring (bicyclic) bond motifs is 1. The van der Waals surface area contributed by atoms with E-state index >= 15 is 0 Å². The van der Waals surface area contributed by atoms with E-state index in [1.165, 1.54) is 16.8 Å². The molecule has 0 unspecified atom stereocenters. The van der Waals surface area contributed by atoms with Crippen LogP contribution in [0.15, 0.2) is 66.2 Å². The number of rotatable bonds is 4. The smallest absolute Gasteiger partial charge is 0.262 e. The molecule has 0 atom stereocenters. The van der Waals surface area contributed by atoms with E-state index in [0.717, 1.165) is 22.6 Å². The minimum atomic E-state index is -3.57. The van der Waals surface area contributed by atoms with Gasteiger partial charge in [-0.25, -0.2) is 23.4 Å². The lowest BCUT2D eigenvalue weighted by Crippen LogP contribution is -2.39. The summed E-state index contributed by atoms with van der Waals surface area (Å²) in [5.41, 5.74) is 2.70. The van der Waals surface area contributed by atoms with Gasteiger partial charge in [-0.2, -0.15) is 4.31 Å².